The van der Waals surface area contributed by atoms with Crippen molar-refractivity contribution >= 4 is 0 Å². The second kappa shape index (κ2) is 2.69. The van der Waals surface area contributed by atoms with E-state index in [2.05, 4.69) is 0 Å². The fraction of sp³-hybridized carbons (Fsp3) is 0.429. The van der Waals surface area contributed by atoms with Crippen LogP contribution in [0.3, 0.4) is 0 Å². The fourth-order valence-electron chi connectivity index (χ4n) is 0.917. The van der Waals surface area contributed by atoms with E-state index in [1.165, 1.54) is 12.2 Å². The molecule has 0 aromatic heterocycles. The first-order valence-corrected chi connectivity index (χ1v) is 3.53. The quantitative estimate of drug-likeness (QED) is 0.418. The van der Waals surface area contributed by atoms with Crippen molar-refractivity contribution in [3.05, 3.63) is 34.0 Å². The largest absolute Gasteiger partial charge is 0.322 e. The maximum atomic E-state index is 10.3. The molecule has 0 aromatic rings. The van der Waals surface area contributed by atoms with Gasteiger partial charge in [0.15, 0.2) is 0 Å². The predicted octanol–water partition coefficient (Wildman–Crippen LogP) is -0.238. The first kappa shape index (κ1) is 8.89. The Kier molecular flexibility index (Phi) is 1.99. The standard InChI is InChI=1S/C7H11N3O2/c1-7(9)3-2-5(10(11)12)4-6(7)8/h2-4,6H,8-9H2,1H3. The lowest BCUT2D eigenvalue weighted by molar-refractivity contribution is -0.419. The second-order valence-corrected chi connectivity index (χ2v) is 3.07. The summed E-state index contributed by atoms with van der Waals surface area (Å²) in [5.74, 6) is 0. The molecule has 66 valence electrons. The third-order valence-corrected chi connectivity index (χ3v) is 1.89. The van der Waals surface area contributed by atoms with Crippen LogP contribution in [-0.2, 0) is 0 Å². The van der Waals surface area contributed by atoms with Crippen molar-refractivity contribution in [1.29, 1.82) is 0 Å². The topological polar surface area (TPSA) is 95.2 Å². The Balaban J connectivity index is 2.91. The zero-order valence-corrected chi connectivity index (χ0v) is 6.73. The van der Waals surface area contributed by atoms with Crippen molar-refractivity contribution < 1.29 is 4.92 Å². The molecule has 0 saturated heterocycles. The lowest BCUT2D eigenvalue weighted by Crippen LogP contribution is -2.51. The van der Waals surface area contributed by atoms with Crippen LogP contribution in [0.4, 0.5) is 0 Å². The molecular formula is C7H11N3O2. The van der Waals surface area contributed by atoms with Crippen molar-refractivity contribution in [3.63, 3.8) is 0 Å². The summed E-state index contributed by atoms with van der Waals surface area (Å²) >= 11 is 0. The molecule has 0 aliphatic heterocycles. The minimum absolute atomic E-state index is 0.00502. The molecule has 4 N–H and O–H groups in total. The minimum Gasteiger partial charge on any atom is -0.322 e. The van der Waals surface area contributed by atoms with E-state index in [0.717, 1.165) is 0 Å². The van der Waals surface area contributed by atoms with Gasteiger partial charge in [0.1, 0.15) is 0 Å². The SMILES string of the molecule is CC1(N)C=CC([N+](=O)[O-])=CC1N. The summed E-state index contributed by atoms with van der Waals surface area (Å²) in [5, 5.41) is 10.3. The Morgan fingerprint density at radius 2 is 2.33 bits per heavy atom. The van der Waals surface area contributed by atoms with E-state index in [1.807, 2.05) is 0 Å². The molecule has 1 aliphatic carbocycles. The molecule has 0 amide bonds. The van der Waals surface area contributed by atoms with E-state index >= 15 is 0 Å². The predicted molar refractivity (Wildman–Crippen MR) is 44.8 cm³/mol. The van der Waals surface area contributed by atoms with Gasteiger partial charge in [0.2, 0.25) is 0 Å². The summed E-state index contributed by atoms with van der Waals surface area (Å²) in [6.07, 6.45) is 4.29. The maximum absolute atomic E-state index is 10.3. The van der Waals surface area contributed by atoms with Gasteiger partial charge >= 0.3 is 0 Å². The van der Waals surface area contributed by atoms with Crippen molar-refractivity contribution in [3.8, 4) is 0 Å². The summed E-state index contributed by atoms with van der Waals surface area (Å²) < 4.78 is 0. The number of hydrogen-bond acceptors (Lipinski definition) is 4. The molecule has 0 radical (unpaired) electrons. The van der Waals surface area contributed by atoms with Gasteiger partial charge in [0, 0.05) is 12.2 Å². The molecular weight excluding hydrogens is 158 g/mol. The number of nitrogens with zero attached hydrogens (tertiary/aromatic N) is 1. The van der Waals surface area contributed by atoms with Gasteiger partial charge in [-0.3, -0.25) is 10.1 Å². The van der Waals surface area contributed by atoms with E-state index in [1.54, 1.807) is 13.0 Å². The lowest BCUT2D eigenvalue weighted by atomic mass is 9.89. The summed E-state index contributed by atoms with van der Waals surface area (Å²) in [4.78, 5) is 9.82. The number of hydrogen-bond donors (Lipinski definition) is 2. The van der Waals surface area contributed by atoms with Gasteiger partial charge in [-0.25, -0.2) is 0 Å². The highest BCUT2D eigenvalue weighted by atomic mass is 16.6. The normalized spacial score (nSPS) is 34.6. The Morgan fingerprint density at radius 3 is 2.75 bits per heavy atom. The van der Waals surface area contributed by atoms with Crippen molar-refractivity contribution in [2.75, 3.05) is 0 Å². The van der Waals surface area contributed by atoms with Gasteiger partial charge < -0.3 is 11.5 Å². The Bertz CT molecular complexity index is 268. The lowest BCUT2D eigenvalue weighted by Gasteiger charge is -2.27. The zero-order valence-electron chi connectivity index (χ0n) is 6.73. The molecule has 5 heteroatoms. The van der Waals surface area contributed by atoms with E-state index in [-0.39, 0.29) is 5.70 Å². The number of nitro groups is 1. The Hall–Kier alpha value is -1.20. The van der Waals surface area contributed by atoms with E-state index in [0.29, 0.717) is 0 Å². The fourth-order valence-corrected chi connectivity index (χ4v) is 0.917. The smallest absolute Gasteiger partial charge is 0.266 e. The summed E-state index contributed by atoms with van der Waals surface area (Å²) in [6.45, 7) is 1.72. The highest BCUT2D eigenvalue weighted by Gasteiger charge is 2.28. The Labute approximate surface area is 69.9 Å². The van der Waals surface area contributed by atoms with E-state index in [4.69, 9.17) is 11.5 Å². The molecule has 1 aliphatic rings. The van der Waals surface area contributed by atoms with E-state index < -0.39 is 16.5 Å². The zero-order chi connectivity index (χ0) is 9.35. The molecule has 5 nitrogen and oxygen atoms in total. The third-order valence-electron chi connectivity index (χ3n) is 1.89. The van der Waals surface area contributed by atoms with Gasteiger partial charge in [-0.2, -0.15) is 0 Å². The van der Waals surface area contributed by atoms with Crippen LogP contribution < -0.4 is 11.5 Å². The molecule has 0 saturated carbocycles. The molecule has 0 heterocycles. The van der Waals surface area contributed by atoms with Gasteiger partial charge in [-0.15, -0.1) is 0 Å². The van der Waals surface area contributed by atoms with Crippen LogP contribution in [0, 0.1) is 10.1 Å². The highest BCUT2D eigenvalue weighted by Crippen LogP contribution is 2.17. The van der Waals surface area contributed by atoms with Crippen molar-refractivity contribution in [1.82, 2.24) is 0 Å². The van der Waals surface area contributed by atoms with Crippen LogP contribution in [-0.4, -0.2) is 16.5 Å². The summed E-state index contributed by atoms with van der Waals surface area (Å²) in [5.41, 5.74) is 10.6. The average molecular weight is 169 g/mol. The molecule has 2 atom stereocenters. The van der Waals surface area contributed by atoms with Crippen LogP contribution >= 0.6 is 0 Å². The molecule has 1 rings (SSSR count). The van der Waals surface area contributed by atoms with E-state index in [9.17, 15) is 10.1 Å². The highest BCUT2D eigenvalue weighted by molar-refractivity contribution is 5.28. The van der Waals surface area contributed by atoms with Crippen LogP contribution in [0.1, 0.15) is 6.92 Å². The number of allylic oxidation sites excluding steroid dienone is 1. The summed E-state index contributed by atoms with van der Waals surface area (Å²) in [7, 11) is 0. The van der Waals surface area contributed by atoms with Crippen LogP contribution in [0.5, 0.6) is 0 Å². The van der Waals surface area contributed by atoms with Gasteiger partial charge in [0.05, 0.1) is 16.5 Å². The number of nitrogens with two attached hydrogens (primary N) is 2. The monoisotopic (exact) mass is 169 g/mol. The van der Waals surface area contributed by atoms with Crippen molar-refractivity contribution in [2.24, 2.45) is 11.5 Å². The molecule has 2 unspecified atom stereocenters. The third kappa shape index (κ3) is 1.51. The van der Waals surface area contributed by atoms with Gasteiger partial charge in [-0.1, -0.05) is 6.08 Å². The van der Waals surface area contributed by atoms with Gasteiger partial charge in [-0.05, 0) is 6.92 Å². The Morgan fingerprint density at radius 1 is 1.75 bits per heavy atom. The molecule has 0 bridgehead atoms. The maximum Gasteiger partial charge on any atom is 0.266 e. The minimum atomic E-state index is -0.681. The summed E-state index contributed by atoms with van der Waals surface area (Å²) in [6, 6.07) is -0.497. The molecule has 0 aromatic carbocycles. The molecule has 0 fully saturated rings. The van der Waals surface area contributed by atoms with Crippen molar-refractivity contribution in [2.45, 2.75) is 18.5 Å². The average Bonchev–Trinajstić information content (AvgIpc) is 1.94. The first-order chi connectivity index (χ1) is 5.43. The molecule has 12 heavy (non-hydrogen) atoms. The van der Waals surface area contributed by atoms with Gasteiger partial charge in [0.25, 0.3) is 5.70 Å². The number of rotatable bonds is 1. The first-order valence-electron chi connectivity index (χ1n) is 3.53. The second-order valence-electron chi connectivity index (χ2n) is 3.07. The van der Waals surface area contributed by atoms with Crippen LogP contribution in [0.2, 0.25) is 0 Å². The van der Waals surface area contributed by atoms with Crippen LogP contribution in [0.25, 0.3) is 0 Å². The van der Waals surface area contributed by atoms with Crippen LogP contribution in [0.15, 0.2) is 23.9 Å². The molecule has 0 spiro atoms.